The van der Waals surface area contributed by atoms with Gasteiger partial charge in [-0.05, 0) is 61.2 Å². The Morgan fingerprint density at radius 1 is 0.971 bits per heavy atom. The minimum atomic E-state index is -1.16. The van der Waals surface area contributed by atoms with Crippen LogP contribution in [0.25, 0.3) is 11.1 Å². The summed E-state index contributed by atoms with van der Waals surface area (Å²) in [4.78, 5) is 36.1. The Morgan fingerprint density at radius 2 is 1.63 bits per heavy atom. The predicted molar refractivity (Wildman–Crippen MR) is 132 cm³/mol. The predicted octanol–water partition coefficient (Wildman–Crippen LogP) is 5.67. The van der Waals surface area contributed by atoms with Gasteiger partial charge in [0.15, 0.2) is 5.78 Å². The number of hydrogen-bond acceptors (Lipinski definition) is 4. The minimum Gasteiger partial charge on any atom is -0.496 e. The number of aliphatic carboxylic acids is 1. The SMILES string of the molecule is COc1ccc(CC(=O)Nc2ccc(-c3ccc(C(=O)CC(C)(C)C(=O)O)cc3)cc2F)cc1C. The fourth-order valence-electron chi connectivity index (χ4n) is 3.65. The first-order valence-corrected chi connectivity index (χ1v) is 11.1. The average Bonchev–Trinajstić information content (AvgIpc) is 2.80. The van der Waals surface area contributed by atoms with Crippen molar-refractivity contribution in [1.82, 2.24) is 0 Å². The lowest BCUT2D eigenvalue weighted by Crippen LogP contribution is -2.26. The normalized spacial score (nSPS) is 11.1. The van der Waals surface area contributed by atoms with Crippen molar-refractivity contribution in [3.05, 3.63) is 83.2 Å². The van der Waals surface area contributed by atoms with Crippen molar-refractivity contribution >= 4 is 23.3 Å². The van der Waals surface area contributed by atoms with Crippen molar-refractivity contribution in [2.75, 3.05) is 12.4 Å². The Bertz CT molecular complexity index is 1260. The van der Waals surface area contributed by atoms with E-state index in [0.717, 1.165) is 16.9 Å². The molecule has 3 aromatic rings. The van der Waals surface area contributed by atoms with Crippen molar-refractivity contribution in [2.45, 2.75) is 33.6 Å². The molecule has 0 fully saturated rings. The number of hydrogen-bond donors (Lipinski definition) is 2. The van der Waals surface area contributed by atoms with E-state index in [1.165, 1.54) is 26.0 Å². The number of halogens is 1. The monoisotopic (exact) mass is 477 g/mol. The summed E-state index contributed by atoms with van der Waals surface area (Å²) in [6.45, 7) is 4.89. The van der Waals surface area contributed by atoms with E-state index >= 15 is 0 Å². The molecular weight excluding hydrogens is 449 g/mol. The van der Waals surface area contributed by atoms with Gasteiger partial charge in [-0.1, -0.05) is 42.5 Å². The van der Waals surface area contributed by atoms with Crippen LogP contribution in [0.3, 0.4) is 0 Å². The van der Waals surface area contributed by atoms with Gasteiger partial charge in [-0.15, -0.1) is 0 Å². The van der Waals surface area contributed by atoms with Crippen LogP contribution >= 0.6 is 0 Å². The zero-order valence-corrected chi connectivity index (χ0v) is 20.1. The molecule has 6 nitrogen and oxygen atoms in total. The summed E-state index contributed by atoms with van der Waals surface area (Å²) in [5.41, 5.74) is 2.27. The summed E-state index contributed by atoms with van der Waals surface area (Å²) in [7, 11) is 1.58. The third kappa shape index (κ3) is 6.32. The number of carbonyl (C=O) groups excluding carboxylic acids is 2. The zero-order chi connectivity index (χ0) is 25.8. The molecule has 0 aromatic heterocycles. The Kier molecular flexibility index (Phi) is 7.69. The van der Waals surface area contributed by atoms with Gasteiger partial charge in [-0.3, -0.25) is 14.4 Å². The number of methoxy groups -OCH3 is 1. The van der Waals surface area contributed by atoms with Gasteiger partial charge in [0.05, 0.1) is 24.6 Å². The van der Waals surface area contributed by atoms with Crippen LogP contribution in [0.15, 0.2) is 60.7 Å². The summed E-state index contributed by atoms with van der Waals surface area (Å²) >= 11 is 0. The molecule has 3 aromatic carbocycles. The van der Waals surface area contributed by atoms with Crippen LogP contribution in [0.5, 0.6) is 5.75 Å². The number of carboxylic acid groups (broad SMARTS) is 1. The molecule has 0 bridgehead atoms. The average molecular weight is 478 g/mol. The highest BCUT2D eigenvalue weighted by Gasteiger charge is 2.30. The van der Waals surface area contributed by atoms with E-state index in [-0.39, 0.29) is 30.2 Å². The van der Waals surface area contributed by atoms with Crippen LogP contribution in [0.2, 0.25) is 0 Å². The maximum atomic E-state index is 14.7. The van der Waals surface area contributed by atoms with Crippen molar-refractivity contribution in [2.24, 2.45) is 5.41 Å². The number of carbonyl (C=O) groups is 3. The molecule has 182 valence electrons. The number of benzene rings is 3. The molecule has 0 heterocycles. The standard InChI is InChI=1S/C28H28FNO5/c1-17-13-18(5-12-25(17)35-4)14-26(32)30-23-11-10-21(15-22(23)29)19-6-8-20(9-7-19)24(31)16-28(2,3)27(33)34/h5-13,15H,14,16H2,1-4H3,(H,30,32)(H,33,34). The molecule has 0 aliphatic heterocycles. The second-order valence-corrected chi connectivity index (χ2v) is 9.09. The molecule has 0 saturated heterocycles. The van der Waals surface area contributed by atoms with Gasteiger partial charge >= 0.3 is 5.97 Å². The van der Waals surface area contributed by atoms with Gasteiger partial charge in [-0.2, -0.15) is 0 Å². The summed E-state index contributed by atoms with van der Waals surface area (Å²) in [6, 6.07) is 16.5. The maximum absolute atomic E-state index is 14.7. The Hall–Kier alpha value is -4.00. The van der Waals surface area contributed by atoms with E-state index < -0.39 is 17.2 Å². The fourth-order valence-corrected chi connectivity index (χ4v) is 3.65. The highest BCUT2D eigenvalue weighted by molar-refractivity contribution is 5.99. The molecule has 0 atom stereocenters. The first-order valence-electron chi connectivity index (χ1n) is 11.1. The summed E-state index contributed by atoms with van der Waals surface area (Å²) < 4.78 is 19.9. The minimum absolute atomic E-state index is 0.0756. The number of Topliss-reactive ketones (excluding diaryl/α,β-unsaturated/α-hetero) is 1. The van der Waals surface area contributed by atoms with Gasteiger partial charge in [0, 0.05) is 12.0 Å². The van der Waals surface area contributed by atoms with E-state index in [9.17, 15) is 23.9 Å². The molecule has 7 heteroatoms. The topological polar surface area (TPSA) is 92.7 Å². The third-order valence-corrected chi connectivity index (χ3v) is 5.79. The van der Waals surface area contributed by atoms with Gasteiger partial charge in [0.1, 0.15) is 11.6 Å². The molecule has 1 amide bonds. The number of rotatable bonds is 9. The number of carboxylic acids is 1. The number of anilines is 1. The molecule has 0 radical (unpaired) electrons. The van der Waals surface area contributed by atoms with E-state index in [1.54, 1.807) is 49.6 Å². The quantitative estimate of drug-likeness (QED) is 0.387. The van der Waals surface area contributed by atoms with Gasteiger partial charge in [0.2, 0.25) is 5.91 Å². The van der Waals surface area contributed by atoms with Crippen LogP contribution in [0.1, 0.15) is 41.8 Å². The lowest BCUT2D eigenvalue weighted by atomic mass is 9.85. The van der Waals surface area contributed by atoms with Crippen LogP contribution in [0.4, 0.5) is 10.1 Å². The number of aryl methyl sites for hydroxylation is 1. The van der Waals surface area contributed by atoms with Crippen molar-refractivity contribution < 1.29 is 28.6 Å². The molecule has 0 spiro atoms. The van der Waals surface area contributed by atoms with Crippen molar-refractivity contribution in [3.63, 3.8) is 0 Å². The molecule has 0 aliphatic carbocycles. The van der Waals surface area contributed by atoms with E-state index in [1.807, 2.05) is 13.0 Å². The number of nitrogens with one attached hydrogen (secondary N) is 1. The Balaban J connectivity index is 1.67. The highest BCUT2D eigenvalue weighted by Crippen LogP contribution is 2.27. The van der Waals surface area contributed by atoms with Crippen LogP contribution in [-0.4, -0.2) is 29.9 Å². The summed E-state index contributed by atoms with van der Waals surface area (Å²) in [5, 5.41) is 11.8. The second kappa shape index (κ2) is 10.5. The van der Waals surface area contributed by atoms with Crippen molar-refractivity contribution in [3.8, 4) is 16.9 Å². The lowest BCUT2D eigenvalue weighted by Gasteiger charge is -2.17. The lowest BCUT2D eigenvalue weighted by molar-refractivity contribution is -0.146. The maximum Gasteiger partial charge on any atom is 0.309 e. The van der Waals surface area contributed by atoms with Crippen LogP contribution in [-0.2, 0) is 16.0 Å². The van der Waals surface area contributed by atoms with Crippen molar-refractivity contribution in [1.29, 1.82) is 0 Å². The van der Waals surface area contributed by atoms with Gasteiger partial charge in [0.25, 0.3) is 0 Å². The van der Waals surface area contributed by atoms with Gasteiger partial charge < -0.3 is 15.2 Å². The molecule has 2 N–H and O–H groups in total. The number of amides is 1. The number of ether oxygens (including phenoxy) is 1. The number of ketones is 1. The first kappa shape index (κ1) is 25.6. The molecular formula is C28H28FNO5. The smallest absolute Gasteiger partial charge is 0.309 e. The van der Waals surface area contributed by atoms with Gasteiger partial charge in [-0.25, -0.2) is 4.39 Å². The Labute approximate surface area is 203 Å². The summed E-state index contributed by atoms with van der Waals surface area (Å²) in [5.74, 6) is -1.50. The largest absolute Gasteiger partial charge is 0.496 e. The highest BCUT2D eigenvalue weighted by atomic mass is 19.1. The fraction of sp³-hybridized carbons (Fsp3) is 0.250. The summed E-state index contributed by atoms with van der Waals surface area (Å²) in [6.07, 6.45) is -0.0268. The molecule has 35 heavy (non-hydrogen) atoms. The first-order chi connectivity index (χ1) is 16.5. The molecule has 0 unspecified atom stereocenters. The van der Waals surface area contributed by atoms with Crippen LogP contribution < -0.4 is 10.1 Å². The van der Waals surface area contributed by atoms with E-state index in [4.69, 9.17) is 4.74 Å². The molecule has 0 aliphatic rings. The second-order valence-electron chi connectivity index (χ2n) is 9.09. The van der Waals surface area contributed by atoms with E-state index in [0.29, 0.717) is 16.7 Å². The Morgan fingerprint density at radius 3 is 2.20 bits per heavy atom. The van der Waals surface area contributed by atoms with Crippen LogP contribution in [0, 0.1) is 18.2 Å². The van der Waals surface area contributed by atoms with E-state index in [2.05, 4.69) is 5.32 Å². The molecule has 3 rings (SSSR count). The third-order valence-electron chi connectivity index (χ3n) is 5.79. The molecule has 0 saturated carbocycles. The zero-order valence-electron chi connectivity index (χ0n) is 20.1.